The smallest absolute Gasteiger partial charge is 0.259 e. The van der Waals surface area contributed by atoms with E-state index in [9.17, 15) is 4.79 Å². The van der Waals surface area contributed by atoms with E-state index < -0.39 is 0 Å². The summed E-state index contributed by atoms with van der Waals surface area (Å²) in [7, 11) is 0. The molecule has 29 heavy (non-hydrogen) atoms. The van der Waals surface area contributed by atoms with E-state index in [0.29, 0.717) is 28.7 Å². The van der Waals surface area contributed by atoms with E-state index in [1.165, 1.54) is 23.1 Å². The fourth-order valence-electron chi connectivity index (χ4n) is 3.32. The molecule has 0 radical (unpaired) electrons. The Morgan fingerprint density at radius 2 is 2.21 bits per heavy atom. The molecule has 1 aliphatic heterocycles. The molecule has 1 N–H and O–H groups in total. The Bertz CT molecular complexity index is 1180. The van der Waals surface area contributed by atoms with Gasteiger partial charge in [-0.25, -0.2) is 9.67 Å². The molecule has 1 fully saturated rings. The molecule has 0 saturated carbocycles. The van der Waals surface area contributed by atoms with Crippen LogP contribution in [0.3, 0.4) is 0 Å². The van der Waals surface area contributed by atoms with Gasteiger partial charge in [-0.2, -0.15) is 0 Å². The van der Waals surface area contributed by atoms with Gasteiger partial charge in [0.2, 0.25) is 5.16 Å². The lowest BCUT2D eigenvalue weighted by atomic mass is 10.2. The van der Waals surface area contributed by atoms with Crippen LogP contribution in [0.25, 0.3) is 20.7 Å². The molecule has 0 spiro atoms. The van der Waals surface area contributed by atoms with E-state index in [-0.39, 0.29) is 11.7 Å². The second-order valence-electron chi connectivity index (χ2n) is 6.78. The van der Waals surface area contributed by atoms with Crippen molar-refractivity contribution in [2.75, 3.05) is 6.61 Å². The predicted octanol–water partition coefficient (Wildman–Crippen LogP) is 3.11. The minimum Gasteiger partial charge on any atom is -0.376 e. The van der Waals surface area contributed by atoms with Crippen molar-refractivity contribution < 1.29 is 4.74 Å². The molecule has 0 amide bonds. The van der Waals surface area contributed by atoms with Gasteiger partial charge in [0.15, 0.2) is 0 Å². The van der Waals surface area contributed by atoms with Gasteiger partial charge in [0.25, 0.3) is 5.56 Å². The standard InChI is InChI=1S/C19H18N6O2S2/c26-17-14-9-15(12-5-2-1-3-6-12)29-18(14)21-16(20-17)11-28-19-22-23-24-25(19)10-13-7-4-8-27-13/h1-3,5-6,9,13H,4,7-8,10-11H2,(H,20,21,26)/t13-/m0/s1. The first-order valence-electron chi connectivity index (χ1n) is 9.35. The number of hydrogen-bond acceptors (Lipinski definition) is 8. The number of aromatic amines is 1. The molecule has 148 valence electrons. The van der Waals surface area contributed by atoms with Crippen molar-refractivity contribution in [3.8, 4) is 10.4 Å². The first-order valence-corrected chi connectivity index (χ1v) is 11.2. The molecular formula is C19H18N6O2S2. The molecule has 8 nitrogen and oxygen atoms in total. The molecule has 0 aliphatic carbocycles. The molecule has 4 heterocycles. The molecule has 4 aromatic rings. The van der Waals surface area contributed by atoms with Crippen molar-refractivity contribution in [2.24, 2.45) is 0 Å². The largest absolute Gasteiger partial charge is 0.376 e. The van der Waals surface area contributed by atoms with Crippen molar-refractivity contribution in [2.45, 2.75) is 36.4 Å². The number of thioether (sulfide) groups is 1. The van der Waals surface area contributed by atoms with Crippen LogP contribution in [0.4, 0.5) is 0 Å². The third-order valence-electron chi connectivity index (χ3n) is 4.75. The maximum absolute atomic E-state index is 12.5. The Kier molecular flexibility index (Phi) is 5.13. The van der Waals surface area contributed by atoms with Crippen molar-refractivity contribution >= 4 is 33.3 Å². The van der Waals surface area contributed by atoms with E-state index in [1.54, 1.807) is 4.68 Å². The van der Waals surface area contributed by atoms with Gasteiger partial charge in [-0.3, -0.25) is 4.79 Å². The summed E-state index contributed by atoms with van der Waals surface area (Å²) >= 11 is 2.98. The van der Waals surface area contributed by atoms with Crippen molar-refractivity contribution in [3.05, 3.63) is 52.6 Å². The van der Waals surface area contributed by atoms with E-state index >= 15 is 0 Å². The molecular weight excluding hydrogens is 408 g/mol. The first-order chi connectivity index (χ1) is 14.3. The summed E-state index contributed by atoms with van der Waals surface area (Å²) in [5.74, 6) is 1.09. The fourth-order valence-corrected chi connectivity index (χ4v) is 5.13. The lowest BCUT2D eigenvalue weighted by Crippen LogP contribution is -2.17. The summed E-state index contributed by atoms with van der Waals surface area (Å²) in [4.78, 5) is 21.9. The highest BCUT2D eigenvalue weighted by Crippen LogP contribution is 2.31. The Morgan fingerprint density at radius 3 is 3.03 bits per heavy atom. The molecule has 1 aromatic carbocycles. The lowest BCUT2D eigenvalue weighted by molar-refractivity contribution is 0.0912. The van der Waals surface area contributed by atoms with Crippen molar-refractivity contribution in [1.82, 2.24) is 30.2 Å². The molecule has 0 unspecified atom stereocenters. The number of tetrazole rings is 1. The van der Waals surface area contributed by atoms with Crippen LogP contribution in [-0.2, 0) is 17.0 Å². The van der Waals surface area contributed by atoms with Crippen LogP contribution in [-0.4, -0.2) is 42.9 Å². The second-order valence-corrected chi connectivity index (χ2v) is 8.75. The van der Waals surface area contributed by atoms with E-state index in [4.69, 9.17) is 4.74 Å². The average Bonchev–Trinajstić information content (AvgIpc) is 3.49. The van der Waals surface area contributed by atoms with Gasteiger partial charge < -0.3 is 9.72 Å². The van der Waals surface area contributed by atoms with Gasteiger partial charge in [0, 0.05) is 11.5 Å². The number of nitrogens with zero attached hydrogens (tertiary/aromatic N) is 5. The van der Waals surface area contributed by atoms with Crippen LogP contribution in [0, 0.1) is 0 Å². The molecule has 5 rings (SSSR count). The zero-order valence-corrected chi connectivity index (χ0v) is 17.1. The minimum absolute atomic E-state index is 0.122. The third kappa shape index (κ3) is 3.96. The number of hydrogen-bond donors (Lipinski definition) is 1. The van der Waals surface area contributed by atoms with Crippen LogP contribution < -0.4 is 5.56 Å². The summed E-state index contributed by atoms with van der Waals surface area (Å²) in [6, 6.07) is 11.9. The normalized spacial score (nSPS) is 16.6. The minimum atomic E-state index is -0.122. The van der Waals surface area contributed by atoms with Crippen LogP contribution in [0.2, 0.25) is 0 Å². The molecule has 1 atom stereocenters. The number of nitrogens with one attached hydrogen (secondary N) is 1. The van der Waals surface area contributed by atoms with Crippen LogP contribution in [0.5, 0.6) is 0 Å². The summed E-state index contributed by atoms with van der Waals surface area (Å²) in [6.45, 7) is 1.44. The average molecular weight is 427 g/mol. The highest BCUT2D eigenvalue weighted by Gasteiger charge is 2.19. The van der Waals surface area contributed by atoms with E-state index in [2.05, 4.69) is 25.5 Å². The molecule has 3 aromatic heterocycles. The maximum atomic E-state index is 12.5. The third-order valence-corrected chi connectivity index (χ3v) is 6.79. The Balaban J connectivity index is 1.35. The van der Waals surface area contributed by atoms with Crippen LogP contribution in [0.15, 0.2) is 46.3 Å². The SMILES string of the molecule is O=c1[nH]c(CSc2nnnn2C[C@@H]2CCCO2)nc2sc(-c3ccccc3)cc12. The lowest BCUT2D eigenvalue weighted by Gasteiger charge is -2.09. The number of aromatic nitrogens is 6. The van der Waals surface area contributed by atoms with Crippen molar-refractivity contribution in [1.29, 1.82) is 0 Å². The predicted molar refractivity (Wildman–Crippen MR) is 112 cm³/mol. The first kappa shape index (κ1) is 18.5. The second kappa shape index (κ2) is 8.05. The quantitative estimate of drug-likeness (QED) is 0.473. The Morgan fingerprint density at radius 1 is 1.31 bits per heavy atom. The summed E-state index contributed by atoms with van der Waals surface area (Å²) in [5, 5.41) is 13.2. The topological polar surface area (TPSA) is 98.6 Å². The van der Waals surface area contributed by atoms with Gasteiger partial charge in [-0.15, -0.1) is 16.4 Å². The number of rotatable bonds is 6. The number of benzene rings is 1. The molecule has 1 saturated heterocycles. The number of thiophene rings is 1. The van der Waals surface area contributed by atoms with Crippen molar-refractivity contribution in [3.63, 3.8) is 0 Å². The fraction of sp³-hybridized carbons (Fsp3) is 0.316. The van der Waals surface area contributed by atoms with Gasteiger partial charge in [0.05, 0.1) is 23.8 Å². The Labute approximate surface area is 174 Å². The molecule has 1 aliphatic rings. The molecule has 10 heteroatoms. The van der Waals surface area contributed by atoms with Crippen LogP contribution >= 0.6 is 23.1 Å². The van der Waals surface area contributed by atoms with Gasteiger partial charge >= 0.3 is 0 Å². The van der Waals surface area contributed by atoms with E-state index in [0.717, 1.165) is 34.7 Å². The van der Waals surface area contributed by atoms with Crippen LogP contribution in [0.1, 0.15) is 18.7 Å². The number of H-pyrrole nitrogens is 1. The van der Waals surface area contributed by atoms with Gasteiger partial charge in [-0.1, -0.05) is 42.1 Å². The zero-order chi connectivity index (χ0) is 19.6. The van der Waals surface area contributed by atoms with Gasteiger partial charge in [0.1, 0.15) is 10.7 Å². The van der Waals surface area contributed by atoms with E-state index in [1.807, 2.05) is 36.4 Å². The summed E-state index contributed by atoms with van der Waals surface area (Å²) in [6.07, 6.45) is 2.26. The highest BCUT2D eigenvalue weighted by atomic mass is 32.2. The number of fused-ring (bicyclic) bond motifs is 1. The highest BCUT2D eigenvalue weighted by molar-refractivity contribution is 7.98. The summed E-state index contributed by atoms with van der Waals surface area (Å²) in [5.41, 5.74) is 0.960. The summed E-state index contributed by atoms with van der Waals surface area (Å²) < 4.78 is 7.42. The molecule has 0 bridgehead atoms. The zero-order valence-electron chi connectivity index (χ0n) is 15.4. The monoisotopic (exact) mass is 426 g/mol. The Hall–Kier alpha value is -2.56. The number of ether oxygens (including phenoxy) is 1. The maximum Gasteiger partial charge on any atom is 0.259 e. The van der Waals surface area contributed by atoms with Gasteiger partial charge in [-0.05, 0) is 34.9 Å².